The first-order chi connectivity index (χ1) is 18.6. The quantitative estimate of drug-likeness (QED) is 0.423. The van der Waals surface area contributed by atoms with E-state index in [2.05, 4.69) is 41.3 Å². The lowest BCUT2D eigenvalue weighted by atomic mass is 9.71. The molecular weight excluding hydrogens is 474 g/mol. The van der Waals surface area contributed by atoms with Crippen molar-refractivity contribution in [1.82, 2.24) is 9.80 Å². The van der Waals surface area contributed by atoms with Crippen molar-refractivity contribution in [1.29, 1.82) is 0 Å². The van der Waals surface area contributed by atoms with Crippen LogP contribution in [0.4, 0.5) is 5.69 Å². The Balaban J connectivity index is 1.22. The molecule has 1 fully saturated rings. The van der Waals surface area contributed by atoms with Gasteiger partial charge in [0.2, 0.25) is 5.91 Å². The number of rotatable bonds is 9. The van der Waals surface area contributed by atoms with Crippen LogP contribution in [0.5, 0.6) is 5.75 Å². The van der Waals surface area contributed by atoms with Gasteiger partial charge in [-0.25, -0.2) is 0 Å². The molecule has 0 N–H and O–H groups in total. The van der Waals surface area contributed by atoms with Gasteiger partial charge in [-0.3, -0.25) is 9.59 Å². The maximum atomic E-state index is 14.0. The second-order valence-electron chi connectivity index (χ2n) is 10.4. The van der Waals surface area contributed by atoms with Crippen LogP contribution in [0.3, 0.4) is 0 Å². The number of anilines is 1. The van der Waals surface area contributed by atoms with Gasteiger partial charge in [0.15, 0.2) is 6.61 Å². The van der Waals surface area contributed by atoms with E-state index in [1.807, 2.05) is 65.4 Å². The van der Waals surface area contributed by atoms with E-state index in [0.29, 0.717) is 6.54 Å². The van der Waals surface area contributed by atoms with Gasteiger partial charge in [0.05, 0.1) is 11.1 Å². The molecule has 0 spiro atoms. The summed E-state index contributed by atoms with van der Waals surface area (Å²) >= 11 is 0. The zero-order valence-corrected chi connectivity index (χ0v) is 22.2. The lowest BCUT2D eigenvalue weighted by molar-refractivity contribution is -0.138. The molecule has 0 bridgehead atoms. The van der Waals surface area contributed by atoms with Crippen LogP contribution in [0.15, 0.2) is 84.9 Å². The molecule has 0 saturated carbocycles. The van der Waals surface area contributed by atoms with Crippen LogP contribution < -0.4 is 9.64 Å². The molecular formula is C32H37N3O3. The van der Waals surface area contributed by atoms with E-state index in [1.54, 1.807) is 0 Å². The molecule has 6 nitrogen and oxygen atoms in total. The highest BCUT2D eigenvalue weighted by Crippen LogP contribution is 2.38. The summed E-state index contributed by atoms with van der Waals surface area (Å²) in [6.45, 7) is 3.85. The maximum Gasteiger partial charge on any atom is 0.265 e. The minimum Gasteiger partial charge on any atom is -0.482 e. The van der Waals surface area contributed by atoms with Crippen LogP contribution in [-0.4, -0.2) is 68.0 Å². The second-order valence-corrected chi connectivity index (χ2v) is 10.4. The Labute approximate surface area is 225 Å². The standard InChI is InChI=1S/C32H37N3O3/c1-33(20-10-13-26-11-4-2-5-12-26)31(37)32(27-14-6-3-7-15-27)18-21-34(22-19-32)23-24-35-28-16-8-9-17-29(28)38-25-30(35)36/h2-9,11-12,14-17H,10,13,18-25H2,1H3. The molecule has 2 aliphatic heterocycles. The van der Waals surface area contributed by atoms with Gasteiger partial charge in [0.25, 0.3) is 5.91 Å². The van der Waals surface area contributed by atoms with E-state index >= 15 is 0 Å². The van der Waals surface area contributed by atoms with E-state index in [9.17, 15) is 9.59 Å². The molecule has 0 unspecified atom stereocenters. The van der Waals surface area contributed by atoms with Gasteiger partial charge in [-0.05, 0) is 62.0 Å². The number of benzene rings is 3. The van der Waals surface area contributed by atoms with Crippen molar-refractivity contribution in [3.05, 3.63) is 96.1 Å². The summed E-state index contributed by atoms with van der Waals surface area (Å²) in [5.74, 6) is 0.968. The predicted molar refractivity (Wildman–Crippen MR) is 150 cm³/mol. The predicted octanol–water partition coefficient (Wildman–Crippen LogP) is 4.54. The number of aryl methyl sites for hydroxylation is 1. The summed E-state index contributed by atoms with van der Waals surface area (Å²) in [5.41, 5.74) is 2.74. The molecule has 3 aromatic carbocycles. The highest BCUT2D eigenvalue weighted by atomic mass is 16.5. The Kier molecular flexibility index (Phi) is 8.08. The molecule has 5 rings (SSSR count). The van der Waals surface area contributed by atoms with Crippen molar-refractivity contribution in [2.75, 3.05) is 51.3 Å². The molecule has 2 amide bonds. The third-order valence-electron chi connectivity index (χ3n) is 8.04. The van der Waals surface area contributed by atoms with Gasteiger partial charge >= 0.3 is 0 Å². The van der Waals surface area contributed by atoms with Crippen molar-refractivity contribution in [3.8, 4) is 5.75 Å². The van der Waals surface area contributed by atoms with Crippen LogP contribution in [0.2, 0.25) is 0 Å². The molecule has 0 atom stereocenters. The maximum absolute atomic E-state index is 14.0. The SMILES string of the molecule is CN(CCCc1ccccc1)C(=O)C1(c2ccccc2)CCN(CCN2C(=O)COc3ccccc32)CC1. The zero-order valence-electron chi connectivity index (χ0n) is 22.2. The Hall–Kier alpha value is -3.64. The number of nitrogens with zero attached hydrogens (tertiary/aromatic N) is 3. The fraction of sp³-hybridized carbons (Fsp3) is 0.375. The third kappa shape index (κ3) is 5.60. The van der Waals surface area contributed by atoms with Crippen LogP contribution in [0.25, 0.3) is 0 Å². The average molecular weight is 512 g/mol. The van der Waals surface area contributed by atoms with Crippen molar-refractivity contribution in [2.45, 2.75) is 31.1 Å². The lowest BCUT2D eigenvalue weighted by Gasteiger charge is -2.43. The van der Waals surface area contributed by atoms with Gasteiger partial charge in [0.1, 0.15) is 5.75 Å². The fourth-order valence-corrected chi connectivity index (χ4v) is 5.81. The number of carbonyl (C=O) groups is 2. The fourth-order valence-electron chi connectivity index (χ4n) is 5.81. The first kappa shape index (κ1) is 26.0. The Morgan fingerprint density at radius 3 is 2.29 bits per heavy atom. The number of para-hydroxylation sites is 2. The summed E-state index contributed by atoms with van der Waals surface area (Å²) in [4.78, 5) is 32.7. The van der Waals surface area contributed by atoms with E-state index in [4.69, 9.17) is 4.74 Å². The van der Waals surface area contributed by atoms with E-state index < -0.39 is 5.41 Å². The molecule has 3 aromatic rings. The Bertz CT molecular complexity index is 1220. The molecule has 198 valence electrons. The largest absolute Gasteiger partial charge is 0.482 e. The first-order valence-corrected chi connectivity index (χ1v) is 13.7. The van der Waals surface area contributed by atoms with Gasteiger partial charge in [-0.1, -0.05) is 72.8 Å². The summed E-state index contributed by atoms with van der Waals surface area (Å²) in [7, 11) is 1.95. The van der Waals surface area contributed by atoms with Crippen molar-refractivity contribution < 1.29 is 14.3 Å². The van der Waals surface area contributed by atoms with Crippen LogP contribution in [0, 0.1) is 0 Å². The molecule has 6 heteroatoms. The Morgan fingerprint density at radius 2 is 1.55 bits per heavy atom. The van der Waals surface area contributed by atoms with Crippen LogP contribution in [-0.2, 0) is 21.4 Å². The topological polar surface area (TPSA) is 53.1 Å². The van der Waals surface area contributed by atoms with Crippen molar-refractivity contribution in [2.24, 2.45) is 0 Å². The minimum atomic E-state index is -0.513. The highest BCUT2D eigenvalue weighted by molar-refractivity contribution is 5.97. The lowest BCUT2D eigenvalue weighted by Crippen LogP contribution is -2.53. The van der Waals surface area contributed by atoms with Crippen LogP contribution >= 0.6 is 0 Å². The number of ether oxygens (including phenoxy) is 1. The van der Waals surface area contributed by atoms with Gasteiger partial charge in [0, 0.05) is 26.7 Å². The number of carbonyl (C=O) groups excluding carboxylic acids is 2. The smallest absolute Gasteiger partial charge is 0.265 e. The van der Waals surface area contributed by atoms with E-state index in [0.717, 1.165) is 68.9 Å². The molecule has 0 radical (unpaired) electrons. The summed E-state index contributed by atoms with van der Waals surface area (Å²) in [5, 5.41) is 0. The van der Waals surface area contributed by atoms with Crippen LogP contribution in [0.1, 0.15) is 30.4 Å². The van der Waals surface area contributed by atoms with Gasteiger partial charge in [-0.2, -0.15) is 0 Å². The molecule has 1 saturated heterocycles. The van der Waals surface area contributed by atoms with Crippen molar-refractivity contribution in [3.63, 3.8) is 0 Å². The van der Waals surface area contributed by atoms with Crippen molar-refractivity contribution >= 4 is 17.5 Å². The number of hydrogen-bond donors (Lipinski definition) is 0. The number of likely N-dealkylation sites (N-methyl/N-ethyl adjacent to an activating group) is 1. The number of likely N-dealkylation sites (tertiary alicyclic amines) is 1. The number of hydrogen-bond acceptors (Lipinski definition) is 4. The number of amides is 2. The molecule has 0 aliphatic carbocycles. The molecule has 38 heavy (non-hydrogen) atoms. The normalized spacial score (nSPS) is 17.0. The number of fused-ring (bicyclic) bond motifs is 1. The van der Waals surface area contributed by atoms with E-state index in [-0.39, 0.29) is 18.4 Å². The molecule has 0 aromatic heterocycles. The summed E-state index contributed by atoms with van der Waals surface area (Å²) in [6, 6.07) is 28.5. The number of piperidine rings is 1. The molecule has 2 aliphatic rings. The minimum absolute atomic E-state index is 0.00773. The first-order valence-electron chi connectivity index (χ1n) is 13.7. The summed E-state index contributed by atoms with van der Waals surface area (Å²) in [6.07, 6.45) is 3.45. The third-order valence-corrected chi connectivity index (χ3v) is 8.04. The monoisotopic (exact) mass is 511 g/mol. The summed E-state index contributed by atoms with van der Waals surface area (Å²) < 4.78 is 5.59. The molecule has 2 heterocycles. The van der Waals surface area contributed by atoms with Gasteiger partial charge < -0.3 is 19.4 Å². The Morgan fingerprint density at radius 1 is 0.895 bits per heavy atom. The van der Waals surface area contributed by atoms with Gasteiger partial charge in [-0.15, -0.1) is 0 Å². The highest BCUT2D eigenvalue weighted by Gasteiger charge is 2.44. The van der Waals surface area contributed by atoms with E-state index in [1.165, 1.54) is 5.56 Å². The average Bonchev–Trinajstić information content (AvgIpc) is 2.97. The second kappa shape index (κ2) is 11.8. The zero-order chi connectivity index (χ0) is 26.4.